The van der Waals surface area contributed by atoms with E-state index >= 15 is 0 Å². The summed E-state index contributed by atoms with van der Waals surface area (Å²) in [5.41, 5.74) is 0. The lowest BCUT2D eigenvalue weighted by Crippen LogP contribution is -2.21. The van der Waals surface area contributed by atoms with Crippen LogP contribution in [0.3, 0.4) is 0 Å². The zero-order chi connectivity index (χ0) is 11.7. The van der Waals surface area contributed by atoms with Crippen LogP contribution in [0, 0.1) is 0 Å². The van der Waals surface area contributed by atoms with Crippen molar-refractivity contribution in [1.82, 2.24) is 5.32 Å². The molecule has 0 saturated carbocycles. The first-order valence-corrected chi connectivity index (χ1v) is 4.56. The van der Waals surface area contributed by atoms with Crippen molar-refractivity contribution < 1.29 is 22.7 Å². The monoisotopic (exact) mass is 225 g/mol. The average Bonchev–Trinajstić information content (AvgIpc) is 2.09. The molecule has 0 aromatic rings. The standard InChI is InChI=1S/C9H14F3NO2/c1-2-15-8(14)4-3-6-13-7-5-9(10,11)12/h3-4,13H,2,5-7H2,1H3/b4-3+. The lowest BCUT2D eigenvalue weighted by atomic mass is 10.4. The summed E-state index contributed by atoms with van der Waals surface area (Å²) in [5, 5.41) is 2.52. The summed E-state index contributed by atoms with van der Waals surface area (Å²) >= 11 is 0. The number of hydrogen-bond acceptors (Lipinski definition) is 3. The maximum atomic E-state index is 11.7. The number of hydrogen-bond donors (Lipinski definition) is 1. The first-order valence-electron chi connectivity index (χ1n) is 4.56. The van der Waals surface area contributed by atoms with Crippen molar-refractivity contribution in [2.45, 2.75) is 19.5 Å². The molecule has 0 spiro atoms. The molecule has 0 aromatic carbocycles. The van der Waals surface area contributed by atoms with Gasteiger partial charge in [0.05, 0.1) is 13.0 Å². The maximum Gasteiger partial charge on any atom is 0.390 e. The number of carbonyl (C=O) groups is 1. The smallest absolute Gasteiger partial charge is 0.390 e. The molecule has 0 radical (unpaired) electrons. The van der Waals surface area contributed by atoms with E-state index < -0.39 is 18.6 Å². The molecule has 0 unspecified atom stereocenters. The summed E-state index contributed by atoms with van der Waals surface area (Å²) in [6, 6.07) is 0. The Balaban J connectivity index is 3.42. The van der Waals surface area contributed by atoms with Gasteiger partial charge < -0.3 is 10.1 Å². The van der Waals surface area contributed by atoms with E-state index in [9.17, 15) is 18.0 Å². The van der Waals surface area contributed by atoms with Crippen molar-refractivity contribution in [2.24, 2.45) is 0 Å². The number of carbonyl (C=O) groups excluding carboxylic acids is 1. The number of rotatable bonds is 6. The van der Waals surface area contributed by atoms with Crippen molar-refractivity contribution in [3.63, 3.8) is 0 Å². The second kappa shape index (κ2) is 7.28. The topological polar surface area (TPSA) is 38.3 Å². The molecule has 0 aliphatic rings. The zero-order valence-electron chi connectivity index (χ0n) is 8.43. The zero-order valence-corrected chi connectivity index (χ0v) is 8.43. The predicted molar refractivity (Wildman–Crippen MR) is 49.3 cm³/mol. The van der Waals surface area contributed by atoms with E-state index in [2.05, 4.69) is 10.1 Å². The Morgan fingerprint density at radius 3 is 2.67 bits per heavy atom. The molecule has 0 bridgehead atoms. The molecule has 0 aliphatic carbocycles. The van der Waals surface area contributed by atoms with Gasteiger partial charge in [0.1, 0.15) is 0 Å². The maximum absolute atomic E-state index is 11.7. The molecule has 0 aromatic heterocycles. The average molecular weight is 225 g/mol. The van der Waals surface area contributed by atoms with Gasteiger partial charge in [-0.25, -0.2) is 4.79 Å². The number of halogens is 3. The minimum atomic E-state index is -4.14. The van der Waals surface area contributed by atoms with Gasteiger partial charge in [0.15, 0.2) is 0 Å². The fourth-order valence-corrected chi connectivity index (χ4v) is 0.761. The minimum Gasteiger partial charge on any atom is -0.463 e. The van der Waals surface area contributed by atoms with E-state index in [4.69, 9.17) is 0 Å². The Bertz CT molecular complexity index is 214. The molecule has 0 fully saturated rings. The van der Waals surface area contributed by atoms with Gasteiger partial charge in [0.2, 0.25) is 0 Å². The van der Waals surface area contributed by atoms with Gasteiger partial charge >= 0.3 is 12.1 Å². The van der Waals surface area contributed by atoms with E-state index in [1.807, 2.05) is 0 Å². The van der Waals surface area contributed by atoms with Gasteiger partial charge in [-0.3, -0.25) is 0 Å². The van der Waals surface area contributed by atoms with Gasteiger partial charge in [0.25, 0.3) is 0 Å². The summed E-state index contributed by atoms with van der Waals surface area (Å²) in [6.45, 7) is 2.02. The van der Waals surface area contributed by atoms with Crippen LogP contribution in [0.25, 0.3) is 0 Å². The largest absolute Gasteiger partial charge is 0.463 e. The van der Waals surface area contributed by atoms with E-state index in [1.165, 1.54) is 12.2 Å². The van der Waals surface area contributed by atoms with Crippen LogP contribution in [0.4, 0.5) is 13.2 Å². The Hall–Kier alpha value is -1.04. The van der Waals surface area contributed by atoms with Crippen molar-refractivity contribution in [3.8, 4) is 0 Å². The van der Waals surface area contributed by atoms with Crippen LogP contribution in [-0.4, -0.2) is 31.8 Å². The number of nitrogens with one attached hydrogen (secondary N) is 1. The van der Waals surface area contributed by atoms with Crippen LogP contribution < -0.4 is 5.32 Å². The molecule has 0 rings (SSSR count). The lowest BCUT2D eigenvalue weighted by molar-refractivity contribution is -0.137. The molecular weight excluding hydrogens is 211 g/mol. The van der Waals surface area contributed by atoms with E-state index in [-0.39, 0.29) is 19.7 Å². The third-order valence-electron chi connectivity index (χ3n) is 1.39. The Morgan fingerprint density at radius 1 is 1.47 bits per heavy atom. The minimum absolute atomic E-state index is 0.156. The van der Waals surface area contributed by atoms with Crippen LogP contribution >= 0.6 is 0 Å². The Labute approximate surface area is 86.3 Å². The van der Waals surface area contributed by atoms with Crippen LogP contribution in [0.15, 0.2) is 12.2 Å². The van der Waals surface area contributed by atoms with Crippen LogP contribution in [0.1, 0.15) is 13.3 Å². The number of alkyl halides is 3. The molecular formula is C9H14F3NO2. The van der Waals surface area contributed by atoms with E-state index in [0.717, 1.165) is 0 Å². The molecule has 0 amide bonds. The van der Waals surface area contributed by atoms with Crippen LogP contribution in [-0.2, 0) is 9.53 Å². The molecule has 0 heterocycles. The summed E-state index contributed by atoms with van der Waals surface area (Å²) in [5.74, 6) is -0.491. The van der Waals surface area contributed by atoms with Gasteiger partial charge in [0, 0.05) is 19.2 Å². The van der Waals surface area contributed by atoms with Gasteiger partial charge in [-0.05, 0) is 6.92 Å². The third-order valence-corrected chi connectivity index (χ3v) is 1.39. The Morgan fingerprint density at radius 2 is 2.13 bits per heavy atom. The molecule has 0 saturated heterocycles. The first kappa shape index (κ1) is 14.0. The van der Waals surface area contributed by atoms with E-state index in [0.29, 0.717) is 0 Å². The highest BCUT2D eigenvalue weighted by atomic mass is 19.4. The highest BCUT2D eigenvalue weighted by Crippen LogP contribution is 2.17. The van der Waals surface area contributed by atoms with Gasteiger partial charge in [-0.1, -0.05) is 6.08 Å². The summed E-state index contributed by atoms with van der Waals surface area (Å²) in [7, 11) is 0. The van der Waals surface area contributed by atoms with Crippen molar-refractivity contribution in [1.29, 1.82) is 0 Å². The summed E-state index contributed by atoms with van der Waals surface area (Å²) in [4.78, 5) is 10.7. The molecule has 15 heavy (non-hydrogen) atoms. The fraction of sp³-hybridized carbons (Fsp3) is 0.667. The van der Waals surface area contributed by atoms with Crippen molar-refractivity contribution in [2.75, 3.05) is 19.7 Å². The summed E-state index contributed by atoms with van der Waals surface area (Å²) in [6.07, 6.45) is -2.41. The predicted octanol–water partition coefficient (Wildman–Crippen LogP) is 1.65. The highest BCUT2D eigenvalue weighted by molar-refractivity contribution is 5.81. The molecule has 0 aliphatic heterocycles. The van der Waals surface area contributed by atoms with Crippen LogP contribution in [0.5, 0.6) is 0 Å². The first-order chi connectivity index (χ1) is 6.95. The number of ether oxygens (including phenoxy) is 1. The summed E-state index contributed by atoms with van der Waals surface area (Å²) < 4.78 is 39.6. The molecule has 3 nitrogen and oxygen atoms in total. The van der Waals surface area contributed by atoms with Gasteiger partial charge in [-0.15, -0.1) is 0 Å². The van der Waals surface area contributed by atoms with Crippen LogP contribution in [0.2, 0.25) is 0 Å². The normalized spacial score (nSPS) is 12.0. The fourth-order valence-electron chi connectivity index (χ4n) is 0.761. The van der Waals surface area contributed by atoms with E-state index in [1.54, 1.807) is 6.92 Å². The molecule has 0 atom stereocenters. The quantitative estimate of drug-likeness (QED) is 0.424. The number of esters is 1. The SMILES string of the molecule is CCOC(=O)/C=C/CNCCC(F)(F)F. The second-order valence-electron chi connectivity index (χ2n) is 2.72. The highest BCUT2D eigenvalue weighted by Gasteiger charge is 2.25. The van der Waals surface area contributed by atoms with Crippen molar-refractivity contribution in [3.05, 3.63) is 12.2 Å². The van der Waals surface area contributed by atoms with Crippen molar-refractivity contribution >= 4 is 5.97 Å². The van der Waals surface area contributed by atoms with Gasteiger partial charge in [-0.2, -0.15) is 13.2 Å². The lowest BCUT2D eigenvalue weighted by Gasteiger charge is -2.05. The third kappa shape index (κ3) is 10.9. The Kier molecular flexibility index (Phi) is 6.77. The molecule has 1 N–H and O–H groups in total. The molecule has 6 heteroatoms. The molecule has 88 valence electrons. The second-order valence-corrected chi connectivity index (χ2v) is 2.72.